The molecule has 1 aromatic carbocycles. The number of urea groups is 1. The van der Waals surface area contributed by atoms with Gasteiger partial charge in [-0.3, -0.25) is 0 Å². The minimum atomic E-state index is -1.07. The van der Waals surface area contributed by atoms with Gasteiger partial charge in [0.2, 0.25) is 0 Å². The molecule has 0 bridgehead atoms. The molecule has 1 aromatic rings. The average Bonchev–Trinajstić information content (AvgIpc) is 2.31. The molecule has 0 spiro atoms. The van der Waals surface area contributed by atoms with Gasteiger partial charge in [0.25, 0.3) is 0 Å². The zero-order chi connectivity index (χ0) is 13.7. The predicted octanol–water partition coefficient (Wildman–Crippen LogP) is 2.64. The molecular weight excluding hydrogens is 347 g/mol. The summed E-state index contributed by atoms with van der Waals surface area (Å²) in [6.07, 6.45) is 1.59. The van der Waals surface area contributed by atoms with Crippen molar-refractivity contribution in [1.29, 1.82) is 0 Å². The molecule has 0 aromatic heterocycles. The number of carbonyl (C=O) groups is 2. The molecule has 1 rings (SSSR count). The standard InChI is InChI=1S/C12H13IN2O3/c1-3-6-15(2)12(18)14-10-5-4-8(13)7-9(10)11(16)17/h3-5,7H,1,6H2,2H3,(H,14,18)(H,16,17). The summed E-state index contributed by atoms with van der Waals surface area (Å²) >= 11 is 2.02. The fraction of sp³-hybridized carbons (Fsp3) is 0.167. The normalized spacial score (nSPS) is 9.67. The van der Waals surface area contributed by atoms with Crippen molar-refractivity contribution in [1.82, 2.24) is 4.90 Å². The van der Waals surface area contributed by atoms with Gasteiger partial charge in [-0.1, -0.05) is 6.08 Å². The third-order valence-corrected chi connectivity index (χ3v) is 2.87. The van der Waals surface area contributed by atoms with Crippen LogP contribution in [0.15, 0.2) is 30.9 Å². The van der Waals surface area contributed by atoms with Gasteiger partial charge in [-0.05, 0) is 40.8 Å². The molecule has 0 fully saturated rings. The predicted molar refractivity (Wildman–Crippen MR) is 78.0 cm³/mol. The van der Waals surface area contributed by atoms with Gasteiger partial charge in [-0.15, -0.1) is 6.58 Å². The summed E-state index contributed by atoms with van der Waals surface area (Å²) in [6.45, 7) is 3.92. The number of amides is 2. The van der Waals surface area contributed by atoms with E-state index in [0.717, 1.165) is 3.57 Å². The number of nitrogens with one attached hydrogen (secondary N) is 1. The van der Waals surface area contributed by atoms with E-state index in [1.165, 1.54) is 11.0 Å². The van der Waals surface area contributed by atoms with Crippen LogP contribution < -0.4 is 5.32 Å². The van der Waals surface area contributed by atoms with Crippen LogP contribution in [0.25, 0.3) is 0 Å². The minimum absolute atomic E-state index is 0.0715. The Hall–Kier alpha value is -1.57. The van der Waals surface area contributed by atoms with Crippen LogP contribution in [-0.2, 0) is 0 Å². The van der Waals surface area contributed by atoms with E-state index >= 15 is 0 Å². The van der Waals surface area contributed by atoms with E-state index in [4.69, 9.17) is 5.11 Å². The number of carbonyl (C=O) groups excluding carboxylic acids is 1. The molecule has 0 unspecified atom stereocenters. The lowest BCUT2D eigenvalue weighted by Gasteiger charge is -2.17. The third kappa shape index (κ3) is 3.73. The summed E-state index contributed by atoms with van der Waals surface area (Å²) in [5, 5.41) is 11.6. The topological polar surface area (TPSA) is 69.6 Å². The minimum Gasteiger partial charge on any atom is -0.478 e. The molecule has 6 heteroatoms. The Morgan fingerprint density at radius 1 is 1.56 bits per heavy atom. The Kier molecular flexibility index (Phi) is 5.14. The van der Waals surface area contributed by atoms with Crippen molar-refractivity contribution in [3.8, 4) is 0 Å². The molecular formula is C12H13IN2O3. The van der Waals surface area contributed by atoms with E-state index in [9.17, 15) is 9.59 Å². The van der Waals surface area contributed by atoms with Gasteiger partial charge in [0.15, 0.2) is 0 Å². The number of anilines is 1. The fourth-order valence-corrected chi connectivity index (χ4v) is 1.78. The number of nitrogens with zero attached hydrogens (tertiary/aromatic N) is 1. The second-order valence-electron chi connectivity index (χ2n) is 3.59. The van der Waals surface area contributed by atoms with Crippen molar-refractivity contribution in [2.75, 3.05) is 18.9 Å². The van der Waals surface area contributed by atoms with Gasteiger partial charge >= 0.3 is 12.0 Å². The van der Waals surface area contributed by atoms with Gasteiger partial charge < -0.3 is 15.3 Å². The van der Waals surface area contributed by atoms with Gasteiger partial charge in [-0.25, -0.2) is 9.59 Å². The lowest BCUT2D eigenvalue weighted by atomic mass is 10.2. The number of carboxylic acids is 1. The number of benzene rings is 1. The highest BCUT2D eigenvalue weighted by Crippen LogP contribution is 2.19. The fourth-order valence-electron chi connectivity index (χ4n) is 1.29. The van der Waals surface area contributed by atoms with E-state index in [-0.39, 0.29) is 17.3 Å². The number of carboxylic acid groups (broad SMARTS) is 1. The Bertz CT molecular complexity index is 488. The molecule has 0 saturated heterocycles. The number of aromatic carboxylic acids is 1. The number of rotatable bonds is 4. The van der Waals surface area contributed by atoms with Crippen LogP contribution in [0.3, 0.4) is 0 Å². The summed E-state index contributed by atoms with van der Waals surface area (Å²) in [5.74, 6) is -1.07. The van der Waals surface area contributed by atoms with E-state index < -0.39 is 5.97 Å². The molecule has 0 aliphatic rings. The third-order valence-electron chi connectivity index (χ3n) is 2.20. The Morgan fingerprint density at radius 2 is 2.22 bits per heavy atom. The first-order chi connectivity index (χ1) is 8.45. The van der Waals surface area contributed by atoms with Crippen LogP contribution >= 0.6 is 22.6 Å². The maximum atomic E-state index is 11.7. The summed E-state index contributed by atoms with van der Waals surface area (Å²) in [4.78, 5) is 24.2. The van der Waals surface area contributed by atoms with Crippen molar-refractivity contribution >= 4 is 40.3 Å². The van der Waals surface area contributed by atoms with Gasteiger partial charge in [0, 0.05) is 17.2 Å². The number of halogens is 1. The van der Waals surface area contributed by atoms with Gasteiger partial charge in [0.05, 0.1) is 11.3 Å². The van der Waals surface area contributed by atoms with Gasteiger partial charge in [-0.2, -0.15) is 0 Å². The molecule has 18 heavy (non-hydrogen) atoms. The Labute approximate surface area is 119 Å². The molecule has 0 aliphatic carbocycles. The molecule has 0 heterocycles. The highest BCUT2D eigenvalue weighted by molar-refractivity contribution is 14.1. The molecule has 0 radical (unpaired) electrons. The average molecular weight is 360 g/mol. The van der Waals surface area contributed by atoms with Crippen molar-refractivity contribution in [2.45, 2.75) is 0 Å². The van der Waals surface area contributed by atoms with Crippen LogP contribution in [0.4, 0.5) is 10.5 Å². The molecule has 5 nitrogen and oxygen atoms in total. The van der Waals surface area contributed by atoms with Crippen LogP contribution in [0.2, 0.25) is 0 Å². The summed E-state index contributed by atoms with van der Waals surface area (Å²) in [7, 11) is 1.60. The largest absolute Gasteiger partial charge is 0.478 e. The summed E-state index contributed by atoms with van der Waals surface area (Å²) in [5.41, 5.74) is 0.353. The lowest BCUT2D eigenvalue weighted by Crippen LogP contribution is -2.31. The first-order valence-corrected chi connectivity index (χ1v) is 6.19. The van der Waals surface area contributed by atoms with Crippen LogP contribution in [0.5, 0.6) is 0 Å². The first kappa shape index (κ1) is 14.5. The van der Waals surface area contributed by atoms with E-state index in [0.29, 0.717) is 6.54 Å². The van der Waals surface area contributed by atoms with Gasteiger partial charge in [0.1, 0.15) is 0 Å². The molecule has 2 N–H and O–H groups in total. The molecule has 0 atom stereocenters. The van der Waals surface area contributed by atoms with Crippen molar-refractivity contribution in [2.24, 2.45) is 0 Å². The van der Waals surface area contributed by atoms with E-state index in [1.807, 2.05) is 22.6 Å². The van der Waals surface area contributed by atoms with Crippen molar-refractivity contribution in [3.05, 3.63) is 40.0 Å². The molecule has 0 saturated carbocycles. The quantitative estimate of drug-likeness (QED) is 0.641. The summed E-state index contributed by atoms with van der Waals surface area (Å²) in [6, 6.07) is 4.44. The zero-order valence-electron chi connectivity index (χ0n) is 9.81. The van der Waals surface area contributed by atoms with Crippen molar-refractivity contribution < 1.29 is 14.7 Å². The second kappa shape index (κ2) is 6.39. The highest BCUT2D eigenvalue weighted by Gasteiger charge is 2.14. The second-order valence-corrected chi connectivity index (χ2v) is 4.84. The van der Waals surface area contributed by atoms with Crippen LogP contribution in [-0.4, -0.2) is 35.6 Å². The molecule has 0 aliphatic heterocycles. The van der Waals surface area contributed by atoms with Crippen LogP contribution in [0.1, 0.15) is 10.4 Å². The van der Waals surface area contributed by atoms with Crippen LogP contribution in [0, 0.1) is 3.57 Å². The SMILES string of the molecule is C=CCN(C)C(=O)Nc1ccc(I)cc1C(=O)O. The monoisotopic (exact) mass is 360 g/mol. The summed E-state index contributed by atoms with van der Waals surface area (Å²) < 4.78 is 0.794. The van der Waals surface area contributed by atoms with E-state index in [2.05, 4.69) is 11.9 Å². The zero-order valence-corrected chi connectivity index (χ0v) is 12.0. The first-order valence-electron chi connectivity index (χ1n) is 5.11. The highest BCUT2D eigenvalue weighted by atomic mass is 127. The molecule has 96 valence electrons. The maximum Gasteiger partial charge on any atom is 0.337 e. The number of hydrogen-bond donors (Lipinski definition) is 2. The molecule has 2 amide bonds. The maximum absolute atomic E-state index is 11.7. The Balaban J connectivity index is 2.93. The lowest BCUT2D eigenvalue weighted by molar-refractivity contribution is 0.0698. The Morgan fingerprint density at radius 3 is 2.78 bits per heavy atom. The van der Waals surface area contributed by atoms with Crippen molar-refractivity contribution in [3.63, 3.8) is 0 Å². The smallest absolute Gasteiger partial charge is 0.337 e. The number of hydrogen-bond acceptors (Lipinski definition) is 2. The number of likely N-dealkylation sites (N-methyl/N-ethyl adjacent to an activating group) is 1. The van der Waals surface area contributed by atoms with E-state index in [1.54, 1.807) is 25.3 Å².